The van der Waals surface area contributed by atoms with Crippen LogP contribution in [0.25, 0.3) is 0 Å². The standard InChI is InChI=1S/C22H34N6O.HI/c1-4-29-19-13-11-18(12-14-19)17-27(3)22(23-2)24-15-8-10-21-26-25-20-9-6-5-7-16-28(20)21;/h11-14H,4-10,15-17H2,1-3H3,(H,23,24);1H. The lowest BCUT2D eigenvalue weighted by atomic mass is 10.2. The summed E-state index contributed by atoms with van der Waals surface area (Å²) in [6.07, 6.45) is 6.78. The monoisotopic (exact) mass is 526 g/mol. The fraction of sp³-hybridized carbons (Fsp3) is 0.591. The zero-order valence-electron chi connectivity index (χ0n) is 18.4. The topological polar surface area (TPSA) is 67.6 Å². The Bertz CT molecular complexity index is 789. The number of halogens is 1. The first-order valence-corrected chi connectivity index (χ1v) is 10.8. The van der Waals surface area contributed by atoms with Gasteiger partial charge in [-0.2, -0.15) is 0 Å². The third-order valence-electron chi connectivity index (χ3n) is 5.27. The van der Waals surface area contributed by atoms with Crippen LogP contribution in [0.2, 0.25) is 0 Å². The van der Waals surface area contributed by atoms with Gasteiger partial charge in [0, 0.05) is 46.6 Å². The van der Waals surface area contributed by atoms with Gasteiger partial charge in [-0.05, 0) is 43.9 Å². The van der Waals surface area contributed by atoms with Gasteiger partial charge in [-0.15, -0.1) is 34.2 Å². The Morgan fingerprint density at radius 1 is 1.20 bits per heavy atom. The number of ether oxygens (including phenoxy) is 1. The number of guanidine groups is 1. The molecule has 166 valence electrons. The number of rotatable bonds is 8. The van der Waals surface area contributed by atoms with Crippen LogP contribution in [0, 0.1) is 0 Å². The van der Waals surface area contributed by atoms with Crippen molar-refractivity contribution in [2.24, 2.45) is 4.99 Å². The van der Waals surface area contributed by atoms with Crippen LogP contribution >= 0.6 is 24.0 Å². The number of hydrogen-bond acceptors (Lipinski definition) is 4. The van der Waals surface area contributed by atoms with E-state index in [1.807, 2.05) is 26.1 Å². The van der Waals surface area contributed by atoms with Gasteiger partial charge in [0.05, 0.1) is 6.61 Å². The number of hydrogen-bond donors (Lipinski definition) is 1. The van der Waals surface area contributed by atoms with Crippen LogP contribution in [0.5, 0.6) is 5.75 Å². The Kier molecular flexibility index (Phi) is 10.4. The highest BCUT2D eigenvalue weighted by molar-refractivity contribution is 14.0. The molecule has 0 saturated heterocycles. The van der Waals surface area contributed by atoms with E-state index in [2.05, 4.69) is 49.2 Å². The normalized spacial score (nSPS) is 13.8. The summed E-state index contributed by atoms with van der Waals surface area (Å²) in [4.78, 5) is 6.56. The van der Waals surface area contributed by atoms with Crippen molar-refractivity contribution in [2.45, 2.75) is 58.5 Å². The number of aromatic nitrogens is 3. The maximum absolute atomic E-state index is 5.51. The molecule has 0 amide bonds. The van der Waals surface area contributed by atoms with Gasteiger partial charge >= 0.3 is 0 Å². The highest BCUT2D eigenvalue weighted by atomic mass is 127. The first-order valence-electron chi connectivity index (χ1n) is 10.8. The fourth-order valence-corrected chi connectivity index (χ4v) is 3.77. The molecule has 1 aliphatic rings. The molecular weight excluding hydrogens is 491 g/mol. The second kappa shape index (κ2) is 12.8. The van der Waals surface area contributed by atoms with Gasteiger partial charge in [-0.1, -0.05) is 18.6 Å². The summed E-state index contributed by atoms with van der Waals surface area (Å²) < 4.78 is 7.84. The van der Waals surface area contributed by atoms with Crippen LogP contribution in [0.3, 0.4) is 0 Å². The molecule has 2 aromatic rings. The first-order chi connectivity index (χ1) is 14.2. The zero-order chi connectivity index (χ0) is 20.5. The van der Waals surface area contributed by atoms with Crippen molar-refractivity contribution in [1.82, 2.24) is 25.0 Å². The predicted octanol–water partition coefficient (Wildman–Crippen LogP) is 3.66. The summed E-state index contributed by atoms with van der Waals surface area (Å²) in [7, 11) is 3.89. The van der Waals surface area contributed by atoms with Gasteiger partial charge in [0.1, 0.15) is 17.4 Å². The molecule has 1 aromatic carbocycles. The number of fused-ring (bicyclic) bond motifs is 1. The summed E-state index contributed by atoms with van der Waals surface area (Å²) in [6, 6.07) is 8.24. The van der Waals surface area contributed by atoms with Gasteiger partial charge in [0.25, 0.3) is 0 Å². The van der Waals surface area contributed by atoms with Crippen molar-refractivity contribution >= 4 is 29.9 Å². The molecule has 0 spiro atoms. The lowest BCUT2D eigenvalue weighted by molar-refractivity contribution is 0.340. The number of benzene rings is 1. The number of nitrogens with one attached hydrogen (secondary N) is 1. The van der Waals surface area contributed by atoms with E-state index < -0.39 is 0 Å². The lowest BCUT2D eigenvalue weighted by Crippen LogP contribution is -2.39. The van der Waals surface area contributed by atoms with E-state index in [0.717, 1.165) is 62.3 Å². The fourth-order valence-electron chi connectivity index (χ4n) is 3.77. The summed E-state index contributed by atoms with van der Waals surface area (Å²) in [5.74, 6) is 4.10. The summed E-state index contributed by atoms with van der Waals surface area (Å²) >= 11 is 0. The molecule has 3 rings (SSSR count). The highest BCUT2D eigenvalue weighted by Crippen LogP contribution is 2.15. The van der Waals surface area contributed by atoms with Crippen molar-refractivity contribution in [3.63, 3.8) is 0 Å². The summed E-state index contributed by atoms with van der Waals surface area (Å²) in [6.45, 7) is 5.41. The largest absolute Gasteiger partial charge is 0.494 e. The molecule has 0 fully saturated rings. The molecule has 0 bridgehead atoms. The van der Waals surface area contributed by atoms with Gasteiger partial charge < -0.3 is 19.5 Å². The minimum absolute atomic E-state index is 0. The highest BCUT2D eigenvalue weighted by Gasteiger charge is 2.14. The van der Waals surface area contributed by atoms with Crippen molar-refractivity contribution in [3.05, 3.63) is 41.5 Å². The van der Waals surface area contributed by atoms with Crippen molar-refractivity contribution in [2.75, 3.05) is 27.2 Å². The molecule has 0 unspecified atom stereocenters. The van der Waals surface area contributed by atoms with Gasteiger partial charge in [0.2, 0.25) is 0 Å². The van der Waals surface area contributed by atoms with Gasteiger partial charge in [0.15, 0.2) is 5.96 Å². The molecule has 0 aliphatic carbocycles. The van der Waals surface area contributed by atoms with Crippen LogP contribution in [-0.4, -0.2) is 52.9 Å². The third-order valence-corrected chi connectivity index (χ3v) is 5.27. The average Bonchev–Trinajstić information content (AvgIpc) is 2.95. The van der Waals surface area contributed by atoms with Crippen molar-refractivity contribution in [1.29, 1.82) is 0 Å². The second-order valence-electron chi connectivity index (χ2n) is 7.51. The van der Waals surface area contributed by atoms with Crippen LogP contribution in [0.1, 0.15) is 49.8 Å². The molecule has 0 atom stereocenters. The van der Waals surface area contributed by atoms with E-state index in [9.17, 15) is 0 Å². The number of aliphatic imine (C=N–C) groups is 1. The predicted molar refractivity (Wildman–Crippen MR) is 132 cm³/mol. The smallest absolute Gasteiger partial charge is 0.193 e. The summed E-state index contributed by atoms with van der Waals surface area (Å²) in [5.41, 5.74) is 1.23. The molecule has 1 aromatic heterocycles. The SMILES string of the molecule is CCOc1ccc(CN(C)C(=NC)NCCCc2nnc3n2CCCCC3)cc1.I. The van der Waals surface area contributed by atoms with Crippen LogP contribution < -0.4 is 10.1 Å². The average molecular weight is 526 g/mol. The minimum Gasteiger partial charge on any atom is -0.494 e. The second-order valence-corrected chi connectivity index (χ2v) is 7.51. The first kappa shape index (κ1) is 24.4. The van der Waals surface area contributed by atoms with E-state index in [1.54, 1.807) is 0 Å². The van der Waals surface area contributed by atoms with Crippen LogP contribution in [-0.2, 0) is 25.9 Å². The zero-order valence-corrected chi connectivity index (χ0v) is 20.8. The molecule has 30 heavy (non-hydrogen) atoms. The third kappa shape index (κ3) is 6.85. The van der Waals surface area contributed by atoms with Crippen LogP contribution in [0.15, 0.2) is 29.3 Å². The van der Waals surface area contributed by atoms with E-state index in [-0.39, 0.29) is 24.0 Å². The molecule has 2 heterocycles. The Morgan fingerprint density at radius 3 is 2.73 bits per heavy atom. The maximum Gasteiger partial charge on any atom is 0.193 e. The molecule has 1 aliphatic heterocycles. The van der Waals surface area contributed by atoms with E-state index >= 15 is 0 Å². The van der Waals surface area contributed by atoms with E-state index in [1.165, 1.54) is 24.8 Å². The molecule has 7 nitrogen and oxygen atoms in total. The van der Waals surface area contributed by atoms with E-state index in [0.29, 0.717) is 6.61 Å². The van der Waals surface area contributed by atoms with E-state index in [4.69, 9.17) is 4.74 Å². The maximum atomic E-state index is 5.51. The van der Waals surface area contributed by atoms with Gasteiger partial charge in [-0.25, -0.2) is 0 Å². The Morgan fingerprint density at radius 2 is 2.00 bits per heavy atom. The van der Waals surface area contributed by atoms with Crippen LogP contribution in [0.4, 0.5) is 0 Å². The molecular formula is C22H35IN6O. The van der Waals surface area contributed by atoms with Crippen molar-refractivity contribution < 1.29 is 4.74 Å². The van der Waals surface area contributed by atoms with Gasteiger partial charge in [-0.3, -0.25) is 4.99 Å². The molecule has 0 radical (unpaired) electrons. The lowest BCUT2D eigenvalue weighted by Gasteiger charge is -2.22. The quantitative estimate of drug-likeness (QED) is 0.246. The number of aryl methyl sites for hydroxylation is 2. The Hall–Kier alpha value is -1.84. The Balaban J connectivity index is 0.00000320. The van der Waals surface area contributed by atoms with Crippen molar-refractivity contribution in [3.8, 4) is 5.75 Å². The Labute approximate surface area is 197 Å². The number of nitrogens with zero attached hydrogens (tertiary/aromatic N) is 5. The molecule has 1 N–H and O–H groups in total. The summed E-state index contributed by atoms with van der Waals surface area (Å²) in [5, 5.41) is 12.3. The minimum atomic E-state index is 0. The molecule has 0 saturated carbocycles. The molecule has 8 heteroatoms.